The highest BCUT2D eigenvalue weighted by molar-refractivity contribution is 5.99. The van der Waals surface area contributed by atoms with Crippen LogP contribution in [0.4, 0.5) is 0 Å². The van der Waals surface area contributed by atoms with E-state index < -0.39 is 0 Å². The lowest BCUT2D eigenvalue weighted by molar-refractivity contribution is 0.355. The lowest BCUT2D eigenvalue weighted by atomic mass is 10.1. The Balaban J connectivity index is 3.08. The molecule has 0 radical (unpaired) electrons. The van der Waals surface area contributed by atoms with Crippen molar-refractivity contribution in [1.82, 2.24) is 5.01 Å². The molecule has 0 amide bonds. The zero-order chi connectivity index (χ0) is 12.1. The Morgan fingerprint density at radius 2 is 1.75 bits per heavy atom. The third kappa shape index (κ3) is 2.89. The Bertz CT molecular complexity index is 387. The lowest BCUT2D eigenvalue weighted by Crippen LogP contribution is -2.07. The second-order valence-electron chi connectivity index (χ2n) is 3.60. The van der Waals surface area contributed by atoms with Crippen molar-refractivity contribution < 1.29 is 9.47 Å². The van der Waals surface area contributed by atoms with E-state index in [0.717, 1.165) is 17.0 Å². The second-order valence-corrected chi connectivity index (χ2v) is 3.60. The molecule has 0 unspecified atom stereocenters. The third-order valence-corrected chi connectivity index (χ3v) is 2.15. The van der Waals surface area contributed by atoms with Gasteiger partial charge in [-0.2, -0.15) is 5.10 Å². The van der Waals surface area contributed by atoms with Crippen molar-refractivity contribution >= 4 is 5.71 Å². The van der Waals surface area contributed by atoms with Crippen LogP contribution >= 0.6 is 0 Å². The Labute approximate surface area is 96.5 Å². The second kappa shape index (κ2) is 5.39. The van der Waals surface area contributed by atoms with Crippen LogP contribution < -0.4 is 9.47 Å². The van der Waals surface area contributed by atoms with E-state index in [1.54, 1.807) is 19.2 Å². The maximum atomic E-state index is 5.24. The van der Waals surface area contributed by atoms with Crippen molar-refractivity contribution in [2.45, 2.75) is 6.92 Å². The van der Waals surface area contributed by atoms with Gasteiger partial charge in [-0.1, -0.05) is 0 Å². The largest absolute Gasteiger partial charge is 0.493 e. The van der Waals surface area contributed by atoms with Crippen LogP contribution in [-0.4, -0.2) is 39.0 Å². The van der Waals surface area contributed by atoms with E-state index >= 15 is 0 Å². The highest BCUT2D eigenvalue weighted by atomic mass is 16.5. The first-order valence-electron chi connectivity index (χ1n) is 5.03. The highest BCUT2D eigenvalue weighted by Crippen LogP contribution is 2.27. The Morgan fingerprint density at radius 3 is 2.25 bits per heavy atom. The SMILES string of the molecule is COc1ccc(/C(C)=N/N(C)C)cc1OC. The smallest absolute Gasteiger partial charge is 0.161 e. The topological polar surface area (TPSA) is 34.1 Å². The summed E-state index contributed by atoms with van der Waals surface area (Å²) in [5.74, 6) is 1.44. The molecule has 0 aliphatic rings. The van der Waals surface area contributed by atoms with Gasteiger partial charge in [0.15, 0.2) is 11.5 Å². The van der Waals surface area contributed by atoms with Crippen LogP contribution in [0.5, 0.6) is 11.5 Å². The van der Waals surface area contributed by atoms with Gasteiger partial charge in [0.05, 0.1) is 19.9 Å². The Kier molecular flexibility index (Phi) is 4.17. The average molecular weight is 222 g/mol. The molecule has 1 aromatic rings. The molecule has 0 heterocycles. The number of ether oxygens (including phenoxy) is 2. The maximum Gasteiger partial charge on any atom is 0.161 e. The van der Waals surface area contributed by atoms with Crippen molar-refractivity contribution in [2.24, 2.45) is 5.10 Å². The molecule has 4 nitrogen and oxygen atoms in total. The first-order chi connectivity index (χ1) is 7.58. The van der Waals surface area contributed by atoms with Crippen LogP contribution in [0.25, 0.3) is 0 Å². The minimum absolute atomic E-state index is 0.716. The van der Waals surface area contributed by atoms with Gasteiger partial charge >= 0.3 is 0 Å². The molecule has 0 fully saturated rings. The number of nitrogens with zero attached hydrogens (tertiary/aromatic N) is 2. The first kappa shape index (κ1) is 12.4. The van der Waals surface area contributed by atoms with Gasteiger partial charge in [0.1, 0.15) is 0 Å². The summed E-state index contributed by atoms with van der Waals surface area (Å²) in [5.41, 5.74) is 1.96. The van der Waals surface area contributed by atoms with E-state index in [1.807, 2.05) is 39.2 Å². The number of methoxy groups -OCH3 is 2. The lowest BCUT2D eigenvalue weighted by Gasteiger charge is -2.11. The Morgan fingerprint density at radius 1 is 1.12 bits per heavy atom. The molecule has 0 saturated carbocycles. The van der Waals surface area contributed by atoms with Gasteiger partial charge in [-0.15, -0.1) is 0 Å². The van der Waals surface area contributed by atoms with Gasteiger partial charge in [-0.3, -0.25) is 0 Å². The van der Waals surface area contributed by atoms with Crippen LogP contribution in [0.3, 0.4) is 0 Å². The summed E-state index contributed by atoms with van der Waals surface area (Å²) in [6, 6.07) is 5.76. The molecule has 88 valence electrons. The quantitative estimate of drug-likeness (QED) is 0.577. The van der Waals surface area contributed by atoms with Crippen molar-refractivity contribution in [3.8, 4) is 11.5 Å². The standard InChI is InChI=1S/C12H18N2O2/c1-9(13-14(2)3)10-6-7-11(15-4)12(8-10)16-5/h6-8H,1-5H3/b13-9+. The average Bonchev–Trinajstić information content (AvgIpc) is 2.27. The minimum atomic E-state index is 0.716. The summed E-state index contributed by atoms with van der Waals surface area (Å²) in [6.07, 6.45) is 0. The fourth-order valence-electron chi connectivity index (χ4n) is 1.42. The predicted octanol–water partition coefficient (Wildman–Crippen LogP) is 1.99. The molecule has 0 aromatic heterocycles. The zero-order valence-electron chi connectivity index (χ0n) is 10.4. The predicted molar refractivity (Wildman–Crippen MR) is 65.4 cm³/mol. The minimum Gasteiger partial charge on any atom is -0.493 e. The molecule has 0 spiro atoms. The van der Waals surface area contributed by atoms with Crippen LogP contribution in [0.2, 0.25) is 0 Å². The summed E-state index contributed by atoms with van der Waals surface area (Å²) in [4.78, 5) is 0. The number of rotatable bonds is 4. The van der Waals surface area contributed by atoms with Gasteiger partial charge in [-0.25, -0.2) is 0 Å². The summed E-state index contributed by atoms with van der Waals surface area (Å²) in [7, 11) is 7.03. The molecule has 0 atom stereocenters. The third-order valence-electron chi connectivity index (χ3n) is 2.15. The molecule has 0 bridgehead atoms. The van der Waals surface area contributed by atoms with Crippen LogP contribution in [0, 0.1) is 0 Å². The number of hydrazone groups is 1. The molecular formula is C12H18N2O2. The van der Waals surface area contributed by atoms with E-state index in [9.17, 15) is 0 Å². The first-order valence-corrected chi connectivity index (χ1v) is 5.03. The van der Waals surface area contributed by atoms with E-state index in [0.29, 0.717) is 5.75 Å². The monoisotopic (exact) mass is 222 g/mol. The summed E-state index contributed by atoms with van der Waals surface area (Å²) in [6.45, 7) is 1.96. The molecule has 1 rings (SSSR count). The van der Waals surface area contributed by atoms with Crippen molar-refractivity contribution in [3.63, 3.8) is 0 Å². The molecule has 0 saturated heterocycles. The van der Waals surface area contributed by atoms with Crippen molar-refractivity contribution in [3.05, 3.63) is 23.8 Å². The summed E-state index contributed by atoms with van der Waals surface area (Å²) < 4.78 is 10.4. The zero-order valence-corrected chi connectivity index (χ0v) is 10.4. The van der Waals surface area contributed by atoms with E-state index in [2.05, 4.69) is 5.10 Å². The molecule has 1 aromatic carbocycles. The molecule has 4 heteroatoms. The molecule has 0 aliphatic heterocycles. The van der Waals surface area contributed by atoms with Gasteiger partial charge < -0.3 is 14.5 Å². The summed E-state index contributed by atoms with van der Waals surface area (Å²) in [5, 5.41) is 6.10. The van der Waals surface area contributed by atoms with Crippen LogP contribution in [0.1, 0.15) is 12.5 Å². The molecule has 16 heavy (non-hydrogen) atoms. The van der Waals surface area contributed by atoms with Crippen LogP contribution in [-0.2, 0) is 0 Å². The van der Waals surface area contributed by atoms with Crippen LogP contribution in [0.15, 0.2) is 23.3 Å². The highest BCUT2D eigenvalue weighted by Gasteiger charge is 2.06. The van der Waals surface area contributed by atoms with Crippen molar-refractivity contribution in [2.75, 3.05) is 28.3 Å². The van der Waals surface area contributed by atoms with Gasteiger partial charge in [0, 0.05) is 19.7 Å². The fourth-order valence-corrected chi connectivity index (χ4v) is 1.42. The van der Waals surface area contributed by atoms with Crippen molar-refractivity contribution in [1.29, 1.82) is 0 Å². The molecule has 0 N–H and O–H groups in total. The Hall–Kier alpha value is -1.71. The van der Waals surface area contributed by atoms with Gasteiger partial charge in [0.2, 0.25) is 0 Å². The van der Waals surface area contributed by atoms with E-state index in [-0.39, 0.29) is 0 Å². The normalized spacial score (nSPS) is 11.2. The molecular weight excluding hydrogens is 204 g/mol. The fraction of sp³-hybridized carbons (Fsp3) is 0.417. The van der Waals surface area contributed by atoms with E-state index in [1.165, 1.54) is 0 Å². The number of benzene rings is 1. The van der Waals surface area contributed by atoms with Gasteiger partial charge in [-0.05, 0) is 25.1 Å². The number of hydrogen-bond donors (Lipinski definition) is 0. The molecule has 0 aliphatic carbocycles. The maximum absolute atomic E-state index is 5.24. The summed E-state index contributed by atoms with van der Waals surface area (Å²) >= 11 is 0. The van der Waals surface area contributed by atoms with Gasteiger partial charge in [0.25, 0.3) is 0 Å². The number of hydrogen-bond acceptors (Lipinski definition) is 4. The van der Waals surface area contributed by atoms with E-state index in [4.69, 9.17) is 9.47 Å².